The molecule has 1 fully saturated rings. The Morgan fingerprint density at radius 3 is 3.00 bits per heavy atom. The Labute approximate surface area is 97.1 Å². The van der Waals surface area contributed by atoms with Gasteiger partial charge in [-0.2, -0.15) is 0 Å². The summed E-state index contributed by atoms with van der Waals surface area (Å²) < 4.78 is 0.886. The molecule has 1 aliphatic rings. The molecule has 1 atom stereocenters. The Morgan fingerprint density at radius 2 is 2.47 bits per heavy atom. The highest BCUT2D eigenvalue weighted by Crippen LogP contribution is 2.40. The fraction of sp³-hybridized carbons (Fsp3) is 0.625. The van der Waals surface area contributed by atoms with Crippen LogP contribution in [0.15, 0.2) is 10.1 Å². The van der Waals surface area contributed by atoms with Crippen molar-refractivity contribution < 1.29 is 9.63 Å². The van der Waals surface area contributed by atoms with Gasteiger partial charge in [0.25, 0.3) is 0 Å². The van der Waals surface area contributed by atoms with Crippen LogP contribution in [0.2, 0.25) is 0 Å². The zero-order valence-electron chi connectivity index (χ0n) is 8.81. The molecule has 7 heteroatoms. The second-order valence-electron chi connectivity index (χ2n) is 3.06. The van der Waals surface area contributed by atoms with Gasteiger partial charge in [-0.1, -0.05) is 28.7 Å². The lowest BCUT2D eigenvalue weighted by molar-refractivity contribution is 0.153. The summed E-state index contributed by atoms with van der Waals surface area (Å²) in [6, 6.07) is 0. The number of amides is 1. The van der Waals surface area contributed by atoms with E-state index < -0.39 is 6.09 Å². The van der Waals surface area contributed by atoms with E-state index in [0.717, 1.165) is 10.1 Å². The Morgan fingerprint density at radius 1 is 1.73 bits per heavy atom. The summed E-state index contributed by atoms with van der Waals surface area (Å²) in [7, 11) is 3.25. The van der Waals surface area contributed by atoms with E-state index in [9.17, 15) is 4.79 Å². The highest BCUT2D eigenvalue weighted by Gasteiger charge is 2.33. The van der Waals surface area contributed by atoms with Crippen LogP contribution in [0, 0.1) is 0 Å². The van der Waals surface area contributed by atoms with Gasteiger partial charge in [-0.05, 0) is 6.92 Å². The number of nitrogens with one attached hydrogen (secondary N) is 1. The van der Waals surface area contributed by atoms with Gasteiger partial charge in [0.15, 0.2) is 0 Å². The normalized spacial score (nSPS) is 28.6. The first-order chi connectivity index (χ1) is 7.09. The summed E-state index contributed by atoms with van der Waals surface area (Å²) in [6.07, 6.45) is 1.08. The lowest BCUT2D eigenvalue weighted by Gasteiger charge is -2.12. The van der Waals surface area contributed by atoms with Crippen molar-refractivity contribution >= 4 is 40.2 Å². The molecule has 0 aliphatic carbocycles. The molecule has 0 spiro atoms. The van der Waals surface area contributed by atoms with E-state index in [2.05, 4.69) is 20.3 Å². The standard InChI is InChI=1S/C8H13N3O2S2/c1-8(4-11-13-6(12)9-2)5-14-7(10-3)15-8/h4H,5H2,1-3H3,(H,9,12). The number of hydrogen-bond donors (Lipinski definition) is 1. The smallest absolute Gasteiger partial charge is 0.323 e. The quantitative estimate of drug-likeness (QED) is 0.457. The lowest BCUT2D eigenvalue weighted by Crippen LogP contribution is -2.23. The first kappa shape index (κ1) is 12.4. The number of nitrogens with zero attached hydrogens (tertiary/aromatic N) is 2. The summed E-state index contributed by atoms with van der Waals surface area (Å²) in [5.74, 6) is 0.880. The van der Waals surface area contributed by atoms with Crippen LogP contribution in [-0.2, 0) is 4.84 Å². The van der Waals surface area contributed by atoms with E-state index in [4.69, 9.17) is 0 Å². The second-order valence-corrected chi connectivity index (χ2v) is 5.80. The number of aliphatic imine (C=N–C) groups is 1. The molecule has 1 aliphatic heterocycles. The molecule has 1 saturated heterocycles. The molecule has 1 amide bonds. The van der Waals surface area contributed by atoms with Gasteiger partial charge in [-0.15, -0.1) is 0 Å². The molecule has 0 aromatic heterocycles. The van der Waals surface area contributed by atoms with E-state index in [0.29, 0.717) is 0 Å². The van der Waals surface area contributed by atoms with Crippen molar-refractivity contribution in [2.75, 3.05) is 19.8 Å². The predicted molar refractivity (Wildman–Crippen MR) is 65.8 cm³/mol. The number of hydrogen-bond acceptors (Lipinski definition) is 6. The van der Waals surface area contributed by atoms with Crippen molar-refractivity contribution in [3.63, 3.8) is 0 Å². The minimum atomic E-state index is -0.560. The minimum Gasteiger partial charge on any atom is -0.323 e. The van der Waals surface area contributed by atoms with Gasteiger partial charge in [0, 0.05) is 19.8 Å². The maximum atomic E-state index is 10.7. The van der Waals surface area contributed by atoms with Crippen LogP contribution in [0.3, 0.4) is 0 Å². The predicted octanol–water partition coefficient (Wildman–Crippen LogP) is 1.55. The molecule has 5 nitrogen and oxygen atoms in total. The van der Waals surface area contributed by atoms with Gasteiger partial charge in [-0.3, -0.25) is 9.83 Å². The van der Waals surface area contributed by atoms with Crippen molar-refractivity contribution in [1.82, 2.24) is 5.32 Å². The highest BCUT2D eigenvalue weighted by atomic mass is 32.2. The van der Waals surface area contributed by atoms with Crippen molar-refractivity contribution in [3.8, 4) is 0 Å². The van der Waals surface area contributed by atoms with Crippen molar-refractivity contribution in [2.45, 2.75) is 11.7 Å². The Hall–Kier alpha value is -0.690. The van der Waals surface area contributed by atoms with E-state index >= 15 is 0 Å². The molecule has 0 saturated carbocycles. The van der Waals surface area contributed by atoms with Crippen LogP contribution in [0.1, 0.15) is 6.92 Å². The number of carbonyl (C=O) groups is 1. The fourth-order valence-electron chi connectivity index (χ4n) is 0.869. The molecule has 15 heavy (non-hydrogen) atoms. The maximum absolute atomic E-state index is 10.7. The van der Waals surface area contributed by atoms with Crippen molar-refractivity contribution in [2.24, 2.45) is 10.1 Å². The topological polar surface area (TPSA) is 63.1 Å². The third-order valence-electron chi connectivity index (χ3n) is 1.65. The van der Waals surface area contributed by atoms with Crippen LogP contribution in [-0.4, -0.2) is 41.3 Å². The molecule has 0 aromatic carbocycles. The average molecular weight is 247 g/mol. The summed E-state index contributed by atoms with van der Waals surface area (Å²) in [5, 5.41) is 5.95. The van der Waals surface area contributed by atoms with E-state index in [1.807, 2.05) is 6.92 Å². The third kappa shape index (κ3) is 3.75. The number of rotatable bonds is 2. The number of oxime groups is 1. The molecular formula is C8H13N3O2S2. The summed E-state index contributed by atoms with van der Waals surface area (Å²) in [4.78, 5) is 19.4. The fourth-order valence-corrected chi connectivity index (χ4v) is 3.46. The summed E-state index contributed by atoms with van der Waals surface area (Å²) in [6.45, 7) is 2.03. The summed E-state index contributed by atoms with van der Waals surface area (Å²) >= 11 is 3.30. The molecule has 1 unspecified atom stereocenters. The zero-order chi connectivity index (χ0) is 11.3. The van der Waals surface area contributed by atoms with E-state index in [1.165, 1.54) is 7.05 Å². The molecule has 1 rings (SSSR count). The largest absolute Gasteiger partial charge is 0.433 e. The van der Waals surface area contributed by atoms with Crippen LogP contribution in [0.5, 0.6) is 0 Å². The van der Waals surface area contributed by atoms with Gasteiger partial charge in [0.05, 0.1) is 11.0 Å². The minimum absolute atomic E-state index is 0.145. The maximum Gasteiger partial charge on any atom is 0.433 e. The van der Waals surface area contributed by atoms with Gasteiger partial charge in [0.1, 0.15) is 4.38 Å². The molecule has 84 valence electrons. The molecule has 0 bridgehead atoms. The third-order valence-corrected chi connectivity index (χ3v) is 4.68. The van der Waals surface area contributed by atoms with Gasteiger partial charge < -0.3 is 5.32 Å². The molecular weight excluding hydrogens is 234 g/mol. The van der Waals surface area contributed by atoms with Crippen LogP contribution in [0.4, 0.5) is 4.79 Å². The second kappa shape index (κ2) is 5.41. The van der Waals surface area contributed by atoms with Crippen molar-refractivity contribution in [1.29, 1.82) is 0 Å². The summed E-state index contributed by atoms with van der Waals surface area (Å²) in [5.41, 5.74) is 0. The van der Waals surface area contributed by atoms with E-state index in [-0.39, 0.29) is 4.75 Å². The monoisotopic (exact) mass is 247 g/mol. The molecule has 0 radical (unpaired) electrons. The van der Waals surface area contributed by atoms with Gasteiger partial charge >= 0.3 is 6.09 Å². The average Bonchev–Trinajstić information content (AvgIpc) is 2.60. The van der Waals surface area contributed by atoms with Gasteiger partial charge in [-0.25, -0.2) is 4.79 Å². The van der Waals surface area contributed by atoms with Crippen LogP contribution >= 0.6 is 23.5 Å². The first-order valence-corrected chi connectivity index (χ1v) is 6.12. The SMILES string of the molecule is CN=C1SCC(C)(C=NOC(=O)NC)S1. The highest BCUT2D eigenvalue weighted by molar-refractivity contribution is 8.42. The zero-order valence-corrected chi connectivity index (χ0v) is 10.4. The van der Waals surface area contributed by atoms with Crippen LogP contribution < -0.4 is 5.32 Å². The molecule has 1 N–H and O–H groups in total. The van der Waals surface area contributed by atoms with Crippen LogP contribution in [0.25, 0.3) is 0 Å². The van der Waals surface area contributed by atoms with Gasteiger partial charge in [0.2, 0.25) is 0 Å². The first-order valence-electron chi connectivity index (χ1n) is 4.31. The number of thioether (sulfide) groups is 2. The number of carbonyl (C=O) groups excluding carboxylic acids is 1. The van der Waals surface area contributed by atoms with Crippen molar-refractivity contribution in [3.05, 3.63) is 0 Å². The Balaban J connectivity index is 2.47. The Bertz CT molecular complexity index is 306. The Kier molecular flexibility index (Phi) is 4.46. The lowest BCUT2D eigenvalue weighted by atomic mass is 10.2. The van der Waals surface area contributed by atoms with E-state index in [1.54, 1.807) is 36.8 Å². The molecule has 1 heterocycles. The molecule has 0 aromatic rings.